The quantitative estimate of drug-likeness (QED) is 0.513. The molecule has 0 radical (unpaired) electrons. The molecule has 1 atom stereocenters. The third kappa shape index (κ3) is 4.91. The molecule has 0 fully saturated rings. The van der Waals surface area contributed by atoms with Crippen molar-refractivity contribution in [3.63, 3.8) is 0 Å². The molecule has 0 aliphatic rings. The van der Waals surface area contributed by atoms with Crippen LogP contribution in [0.25, 0.3) is 0 Å². The van der Waals surface area contributed by atoms with E-state index < -0.39 is 6.10 Å². The van der Waals surface area contributed by atoms with Crippen LogP contribution in [0, 0.1) is 0 Å². The van der Waals surface area contributed by atoms with Gasteiger partial charge in [0.2, 0.25) is 0 Å². The van der Waals surface area contributed by atoms with Gasteiger partial charge in [0.15, 0.2) is 0 Å². The normalized spacial score (nSPS) is 14.2. The predicted octanol–water partition coefficient (Wildman–Crippen LogP) is 1.27. The summed E-state index contributed by atoms with van der Waals surface area (Å²) in [7, 11) is 0. The average molecular weight is 172 g/mol. The lowest BCUT2D eigenvalue weighted by Crippen LogP contribution is -2.08. The van der Waals surface area contributed by atoms with Crippen molar-refractivity contribution in [2.45, 2.75) is 33.3 Å². The summed E-state index contributed by atoms with van der Waals surface area (Å²) in [6.45, 7) is 5.59. The van der Waals surface area contributed by atoms with E-state index in [1.807, 2.05) is 6.92 Å². The lowest BCUT2D eigenvalue weighted by atomic mass is 10.2. The molecular weight excluding hydrogens is 156 g/mol. The Bertz CT molecular complexity index is 171. The Morgan fingerprint density at radius 2 is 2.25 bits per heavy atom. The minimum atomic E-state index is -0.598. The summed E-state index contributed by atoms with van der Waals surface area (Å²) in [6.07, 6.45) is 1.69. The van der Waals surface area contributed by atoms with E-state index in [0.29, 0.717) is 12.2 Å². The Morgan fingerprint density at radius 3 is 2.67 bits per heavy atom. The van der Waals surface area contributed by atoms with Gasteiger partial charge in [-0.05, 0) is 26.3 Å². The zero-order valence-electron chi connectivity index (χ0n) is 7.83. The number of carbonyl (C=O) groups is 1. The molecule has 0 saturated carbocycles. The van der Waals surface area contributed by atoms with E-state index in [1.54, 1.807) is 13.8 Å². The highest BCUT2D eigenvalue weighted by atomic mass is 16.5. The first kappa shape index (κ1) is 11.2. The van der Waals surface area contributed by atoms with Gasteiger partial charge in [-0.1, -0.05) is 6.92 Å². The lowest BCUT2D eigenvalue weighted by Gasteiger charge is -2.03. The maximum Gasteiger partial charge on any atom is 0.333 e. The van der Waals surface area contributed by atoms with E-state index >= 15 is 0 Å². The number of hydrogen-bond donors (Lipinski definition) is 1. The Kier molecular flexibility index (Phi) is 5.37. The highest BCUT2D eigenvalue weighted by molar-refractivity contribution is 5.87. The minimum Gasteiger partial charge on any atom is -0.462 e. The number of aliphatic hydroxyl groups is 1. The maximum atomic E-state index is 11.0. The van der Waals surface area contributed by atoms with Crippen molar-refractivity contribution in [2.24, 2.45) is 0 Å². The second kappa shape index (κ2) is 5.77. The summed E-state index contributed by atoms with van der Waals surface area (Å²) in [5.74, 6) is -0.349. The van der Waals surface area contributed by atoms with Crippen LogP contribution in [0.3, 0.4) is 0 Å². The van der Waals surface area contributed by atoms with Crippen LogP contribution in [0.1, 0.15) is 27.2 Å². The van der Waals surface area contributed by atoms with Gasteiger partial charge in [-0.2, -0.15) is 0 Å². The highest BCUT2D eigenvalue weighted by Crippen LogP contribution is 1.99. The van der Waals surface area contributed by atoms with Gasteiger partial charge in [-0.15, -0.1) is 0 Å². The fourth-order valence-electron chi connectivity index (χ4n) is 0.738. The third-order valence-electron chi connectivity index (χ3n) is 1.25. The summed E-state index contributed by atoms with van der Waals surface area (Å²) in [5, 5.41) is 8.91. The van der Waals surface area contributed by atoms with Gasteiger partial charge in [0.1, 0.15) is 0 Å². The molecular formula is C9H16O3. The Labute approximate surface area is 73.0 Å². The van der Waals surface area contributed by atoms with Crippen LogP contribution in [0.15, 0.2) is 11.6 Å². The zero-order valence-corrected chi connectivity index (χ0v) is 7.83. The molecule has 1 N–H and O–H groups in total. The summed E-state index contributed by atoms with van der Waals surface area (Å²) < 4.78 is 4.84. The van der Waals surface area contributed by atoms with Crippen LogP contribution < -0.4 is 0 Å². The average Bonchev–Trinajstić information content (AvgIpc) is 1.98. The topological polar surface area (TPSA) is 46.5 Å². The van der Waals surface area contributed by atoms with Crippen LogP contribution in [-0.2, 0) is 9.53 Å². The first-order valence-corrected chi connectivity index (χ1v) is 4.11. The fourth-order valence-corrected chi connectivity index (χ4v) is 0.738. The summed E-state index contributed by atoms with van der Waals surface area (Å²) in [4.78, 5) is 11.0. The Balaban J connectivity index is 3.92. The van der Waals surface area contributed by atoms with Gasteiger partial charge in [0.25, 0.3) is 0 Å². The Hall–Kier alpha value is -0.830. The van der Waals surface area contributed by atoms with Gasteiger partial charge in [-0.3, -0.25) is 0 Å². The maximum absolute atomic E-state index is 11.0. The van der Waals surface area contributed by atoms with E-state index in [1.165, 1.54) is 6.08 Å². The molecule has 0 bridgehead atoms. The predicted molar refractivity (Wildman–Crippen MR) is 46.7 cm³/mol. The van der Waals surface area contributed by atoms with Gasteiger partial charge in [-0.25, -0.2) is 4.79 Å². The molecule has 70 valence electrons. The fraction of sp³-hybridized carbons (Fsp3) is 0.667. The lowest BCUT2D eigenvalue weighted by molar-refractivity contribution is -0.139. The first-order chi connectivity index (χ1) is 5.57. The van der Waals surface area contributed by atoms with Crippen LogP contribution in [-0.4, -0.2) is 23.8 Å². The summed E-state index contributed by atoms with van der Waals surface area (Å²) in [6, 6.07) is 0. The van der Waals surface area contributed by atoms with Crippen molar-refractivity contribution >= 4 is 5.97 Å². The van der Waals surface area contributed by atoms with Gasteiger partial charge in [0, 0.05) is 5.57 Å². The first-order valence-electron chi connectivity index (χ1n) is 4.11. The number of ether oxygens (including phenoxy) is 1. The molecule has 0 aliphatic heterocycles. The molecule has 0 spiro atoms. The van der Waals surface area contributed by atoms with Crippen molar-refractivity contribution in [1.82, 2.24) is 0 Å². The van der Waals surface area contributed by atoms with Gasteiger partial charge in [0.05, 0.1) is 12.7 Å². The van der Waals surface area contributed by atoms with Crippen molar-refractivity contribution in [3.05, 3.63) is 11.6 Å². The van der Waals surface area contributed by atoms with Gasteiger partial charge >= 0.3 is 5.97 Å². The minimum absolute atomic E-state index is 0.349. The SMILES string of the molecule is CCCOC(=O)C(C)=CC(C)O. The van der Waals surface area contributed by atoms with E-state index in [9.17, 15) is 4.79 Å². The largest absolute Gasteiger partial charge is 0.462 e. The van der Waals surface area contributed by atoms with Crippen LogP contribution in [0.2, 0.25) is 0 Å². The summed E-state index contributed by atoms with van der Waals surface area (Å²) >= 11 is 0. The number of esters is 1. The molecule has 1 unspecified atom stereocenters. The molecule has 0 aromatic carbocycles. The standard InChI is InChI=1S/C9H16O3/c1-4-5-12-9(11)7(2)6-8(3)10/h6,8,10H,4-5H2,1-3H3. The van der Waals surface area contributed by atoms with Crippen LogP contribution in [0.4, 0.5) is 0 Å². The second-order valence-electron chi connectivity index (χ2n) is 2.73. The smallest absolute Gasteiger partial charge is 0.333 e. The number of carbonyl (C=O) groups excluding carboxylic acids is 1. The van der Waals surface area contributed by atoms with Crippen molar-refractivity contribution in [2.75, 3.05) is 6.61 Å². The molecule has 0 amide bonds. The summed E-state index contributed by atoms with van der Waals surface area (Å²) in [5.41, 5.74) is 0.457. The van der Waals surface area contributed by atoms with Crippen molar-refractivity contribution < 1.29 is 14.6 Å². The molecule has 0 aromatic heterocycles. The molecule has 3 nitrogen and oxygen atoms in total. The molecule has 0 aromatic rings. The van der Waals surface area contributed by atoms with Crippen molar-refractivity contribution in [3.8, 4) is 0 Å². The third-order valence-corrected chi connectivity index (χ3v) is 1.25. The molecule has 12 heavy (non-hydrogen) atoms. The molecule has 0 rings (SSSR count). The monoisotopic (exact) mass is 172 g/mol. The molecule has 0 aliphatic carbocycles. The molecule has 3 heteroatoms. The Morgan fingerprint density at radius 1 is 1.67 bits per heavy atom. The molecule has 0 saturated heterocycles. The van der Waals surface area contributed by atoms with E-state index in [4.69, 9.17) is 9.84 Å². The van der Waals surface area contributed by atoms with Gasteiger partial charge < -0.3 is 9.84 Å². The highest BCUT2D eigenvalue weighted by Gasteiger charge is 2.05. The van der Waals surface area contributed by atoms with Crippen LogP contribution in [0.5, 0.6) is 0 Å². The van der Waals surface area contributed by atoms with E-state index in [-0.39, 0.29) is 5.97 Å². The number of aliphatic hydroxyl groups excluding tert-OH is 1. The van der Waals surface area contributed by atoms with E-state index in [2.05, 4.69) is 0 Å². The van der Waals surface area contributed by atoms with E-state index in [0.717, 1.165) is 6.42 Å². The van der Waals surface area contributed by atoms with Crippen LogP contribution >= 0.6 is 0 Å². The second-order valence-corrected chi connectivity index (χ2v) is 2.73. The van der Waals surface area contributed by atoms with Crippen molar-refractivity contribution in [1.29, 1.82) is 0 Å². The molecule has 0 heterocycles. The number of hydrogen-bond acceptors (Lipinski definition) is 3. The number of rotatable bonds is 4. The zero-order chi connectivity index (χ0) is 9.56.